The second kappa shape index (κ2) is 9.91. The van der Waals surface area contributed by atoms with Crippen molar-refractivity contribution < 1.29 is 14.7 Å². The van der Waals surface area contributed by atoms with Crippen LogP contribution in [0.1, 0.15) is 45.4 Å². The first kappa shape index (κ1) is 17.1. The summed E-state index contributed by atoms with van der Waals surface area (Å²) in [6.07, 6.45) is 4.90. The SMILES string of the molecule is CCCC(CCNC(=O)NC1CCSC1)CCC(=O)O. The lowest BCUT2D eigenvalue weighted by Gasteiger charge is -2.16. The van der Waals surface area contributed by atoms with Crippen LogP contribution in [0.25, 0.3) is 0 Å². The van der Waals surface area contributed by atoms with Gasteiger partial charge >= 0.3 is 12.0 Å². The first-order chi connectivity index (χ1) is 9.61. The Kier molecular flexibility index (Phi) is 8.49. The van der Waals surface area contributed by atoms with E-state index in [4.69, 9.17) is 5.11 Å². The number of nitrogens with one attached hydrogen (secondary N) is 2. The first-order valence-corrected chi connectivity index (χ1v) is 8.61. The lowest BCUT2D eigenvalue weighted by Crippen LogP contribution is -2.42. The second-order valence-corrected chi connectivity index (χ2v) is 6.49. The largest absolute Gasteiger partial charge is 0.481 e. The average molecular weight is 302 g/mol. The molecule has 0 radical (unpaired) electrons. The first-order valence-electron chi connectivity index (χ1n) is 7.45. The van der Waals surface area contributed by atoms with Crippen molar-refractivity contribution in [3.8, 4) is 0 Å². The number of urea groups is 1. The lowest BCUT2D eigenvalue weighted by atomic mass is 9.94. The molecule has 1 saturated heterocycles. The Hall–Kier alpha value is -0.910. The van der Waals surface area contributed by atoms with Crippen LogP contribution in [0, 0.1) is 5.92 Å². The maximum absolute atomic E-state index is 11.7. The zero-order chi connectivity index (χ0) is 14.8. The second-order valence-electron chi connectivity index (χ2n) is 5.34. The van der Waals surface area contributed by atoms with E-state index in [1.807, 2.05) is 11.8 Å². The maximum Gasteiger partial charge on any atom is 0.315 e. The molecule has 2 unspecified atom stereocenters. The summed E-state index contributed by atoms with van der Waals surface area (Å²) in [4.78, 5) is 22.3. The van der Waals surface area contributed by atoms with Crippen LogP contribution in [0.5, 0.6) is 0 Å². The number of carboxylic acid groups (broad SMARTS) is 1. The van der Waals surface area contributed by atoms with Gasteiger partial charge in [0.15, 0.2) is 0 Å². The molecule has 2 atom stereocenters. The molecule has 20 heavy (non-hydrogen) atoms. The molecule has 2 amide bonds. The molecule has 0 saturated carbocycles. The molecule has 0 aromatic heterocycles. The highest BCUT2D eigenvalue weighted by atomic mass is 32.2. The van der Waals surface area contributed by atoms with E-state index in [9.17, 15) is 9.59 Å². The van der Waals surface area contributed by atoms with Crippen molar-refractivity contribution in [2.24, 2.45) is 5.92 Å². The summed E-state index contributed by atoms with van der Waals surface area (Å²) in [6, 6.07) is 0.212. The van der Waals surface area contributed by atoms with Crippen LogP contribution in [0.3, 0.4) is 0 Å². The third kappa shape index (κ3) is 7.62. The predicted molar refractivity (Wildman–Crippen MR) is 82.1 cm³/mol. The van der Waals surface area contributed by atoms with Crippen LogP contribution in [-0.4, -0.2) is 41.2 Å². The fourth-order valence-electron chi connectivity index (χ4n) is 2.44. The molecule has 0 spiro atoms. The number of rotatable bonds is 9. The quantitative estimate of drug-likeness (QED) is 0.611. The molecule has 1 heterocycles. The molecule has 6 heteroatoms. The summed E-state index contributed by atoms with van der Waals surface area (Å²) in [5.74, 6) is 1.78. The minimum absolute atomic E-state index is 0.0917. The van der Waals surface area contributed by atoms with E-state index in [-0.39, 0.29) is 12.5 Å². The van der Waals surface area contributed by atoms with E-state index in [0.29, 0.717) is 24.9 Å². The highest BCUT2D eigenvalue weighted by Gasteiger charge is 2.17. The monoisotopic (exact) mass is 302 g/mol. The molecular formula is C14H26N2O3S. The van der Waals surface area contributed by atoms with Crippen LogP contribution >= 0.6 is 11.8 Å². The minimum Gasteiger partial charge on any atom is -0.481 e. The summed E-state index contributed by atoms with van der Waals surface area (Å²) < 4.78 is 0. The van der Waals surface area contributed by atoms with Crippen LogP contribution < -0.4 is 10.6 Å². The topological polar surface area (TPSA) is 78.4 Å². The van der Waals surface area contributed by atoms with Crippen molar-refractivity contribution in [1.29, 1.82) is 0 Å². The van der Waals surface area contributed by atoms with Gasteiger partial charge in [-0.15, -0.1) is 0 Å². The number of carbonyl (C=O) groups excluding carboxylic acids is 1. The van der Waals surface area contributed by atoms with Crippen LogP contribution in [0.15, 0.2) is 0 Å². The molecule has 1 fully saturated rings. The fourth-order valence-corrected chi connectivity index (χ4v) is 3.60. The number of aliphatic carboxylic acids is 1. The van der Waals surface area contributed by atoms with Crippen LogP contribution in [0.2, 0.25) is 0 Å². The van der Waals surface area contributed by atoms with Crippen molar-refractivity contribution in [1.82, 2.24) is 10.6 Å². The fraction of sp³-hybridized carbons (Fsp3) is 0.857. The van der Waals surface area contributed by atoms with Gasteiger partial charge in [-0.25, -0.2) is 4.79 Å². The van der Waals surface area contributed by atoms with E-state index in [0.717, 1.165) is 37.2 Å². The zero-order valence-electron chi connectivity index (χ0n) is 12.2. The van der Waals surface area contributed by atoms with Crippen molar-refractivity contribution in [3.63, 3.8) is 0 Å². The number of hydrogen-bond acceptors (Lipinski definition) is 3. The van der Waals surface area contributed by atoms with Gasteiger partial charge in [0.2, 0.25) is 0 Å². The Morgan fingerprint density at radius 2 is 2.15 bits per heavy atom. The van der Waals surface area contributed by atoms with E-state index < -0.39 is 5.97 Å². The molecule has 1 rings (SSSR count). The Morgan fingerprint density at radius 3 is 2.75 bits per heavy atom. The molecule has 1 aliphatic rings. The summed E-state index contributed by atoms with van der Waals surface area (Å²) in [6.45, 7) is 2.72. The predicted octanol–water partition coefficient (Wildman–Crippen LogP) is 2.46. The average Bonchev–Trinajstić information content (AvgIpc) is 2.88. The smallest absolute Gasteiger partial charge is 0.315 e. The third-order valence-corrected chi connectivity index (χ3v) is 4.73. The summed E-state index contributed by atoms with van der Waals surface area (Å²) in [5, 5.41) is 14.6. The van der Waals surface area contributed by atoms with E-state index >= 15 is 0 Å². The van der Waals surface area contributed by atoms with Gasteiger partial charge in [-0.2, -0.15) is 11.8 Å². The number of hydrogen-bond donors (Lipinski definition) is 3. The van der Waals surface area contributed by atoms with Crippen LogP contribution in [-0.2, 0) is 4.79 Å². The molecule has 0 aromatic carbocycles. The van der Waals surface area contributed by atoms with Gasteiger partial charge in [0.05, 0.1) is 0 Å². The molecule has 0 aliphatic carbocycles. The molecule has 0 aromatic rings. The van der Waals surface area contributed by atoms with Gasteiger partial charge in [0, 0.05) is 24.8 Å². The van der Waals surface area contributed by atoms with E-state index in [2.05, 4.69) is 17.6 Å². The number of carbonyl (C=O) groups is 2. The molecule has 3 N–H and O–H groups in total. The van der Waals surface area contributed by atoms with Gasteiger partial charge in [-0.1, -0.05) is 19.8 Å². The Balaban J connectivity index is 2.14. The molecule has 5 nitrogen and oxygen atoms in total. The Morgan fingerprint density at radius 1 is 1.35 bits per heavy atom. The summed E-state index contributed by atoms with van der Waals surface area (Å²) in [7, 11) is 0. The van der Waals surface area contributed by atoms with Crippen molar-refractivity contribution in [2.75, 3.05) is 18.1 Å². The van der Waals surface area contributed by atoms with Crippen molar-refractivity contribution in [2.45, 2.75) is 51.5 Å². The third-order valence-electron chi connectivity index (χ3n) is 3.57. The zero-order valence-corrected chi connectivity index (χ0v) is 13.0. The van der Waals surface area contributed by atoms with Crippen molar-refractivity contribution >= 4 is 23.8 Å². The number of carboxylic acids is 1. The van der Waals surface area contributed by atoms with E-state index in [1.54, 1.807) is 0 Å². The molecule has 1 aliphatic heterocycles. The molecule has 0 bridgehead atoms. The number of amides is 2. The molecule has 116 valence electrons. The maximum atomic E-state index is 11.7. The van der Waals surface area contributed by atoms with E-state index in [1.165, 1.54) is 0 Å². The van der Waals surface area contributed by atoms with Gasteiger partial charge in [0.1, 0.15) is 0 Å². The minimum atomic E-state index is -0.740. The number of thioether (sulfide) groups is 1. The van der Waals surface area contributed by atoms with Gasteiger partial charge in [-0.05, 0) is 30.9 Å². The molecular weight excluding hydrogens is 276 g/mol. The standard InChI is InChI=1S/C14H26N2O3S/c1-2-3-11(4-5-13(17)18)6-8-15-14(19)16-12-7-9-20-10-12/h11-12H,2-10H2,1H3,(H,17,18)(H2,15,16,19). The lowest BCUT2D eigenvalue weighted by molar-refractivity contribution is -0.137. The van der Waals surface area contributed by atoms with Gasteiger partial charge < -0.3 is 15.7 Å². The van der Waals surface area contributed by atoms with Gasteiger partial charge in [-0.3, -0.25) is 4.79 Å². The Bertz CT molecular complexity index is 307. The van der Waals surface area contributed by atoms with Crippen LogP contribution in [0.4, 0.5) is 4.79 Å². The highest BCUT2D eigenvalue weighted by Crippen LogP contribution is 2.18. The summed E-state index contributed by atoms with van der Waals surface area (Å²) in [5.41, 5.74) is 0. The van der Waals surface area contributed by atoms with Crippen molar-refractivity contribution in [3.05, 3.63) is 0 Å². The Labute approximate surface area is 125 Å². The normalized spacial score (nSPS) is 19.6. The highest BCUT2D eigenvalue weighted by molar-refractivity contribution is 7.99. The van der Waals surface area contributed by atoms with Gasteiger partial charge in [0.25, 0.3) is 0 Å². The summed E-state index contributed by atoms with van der Waals surface area (Å²) >= 11 is 1.87.